The molecule has 8 rings (SSSR count). The van der Waals surface area contributed by atoms with Gasteiger partial charge in [-0.05, 0) is 65.1 Å². The molecular formula is C47H46Cl2SiZr. The van der Waals surface area contributed by atoms with E-state index in [0.29, 0.717) is 0 Å². The van der Waals surface area contributed by atoms with Crippen molar-refractivity contribution in [2.45, 2.75) is 60.1 Å². The molecule has 0 nitrogen and oxygen atoms in total. The van der Waals surface area contributed by atoms with Gasteiger partial charge in [0.05, 0.1) is 0 Å². The first-order valence-electron chi connectivity index (χ1n) is 17.8. The summed E-state index contributed by atoms with van der Waals surface area (Å²) in [6.07, 6.45) is 1.09. The van der Waals surface area contributed by atoms with E-state index in [0.717, 1.165) is 6.42 Å². The molecule has 51 heavy (non-hydrogen) atoms. The van der Waals surface area contributed by atoms with Crippen molar-refractivity contribution in [3.8, 4) is 22.3 Å². The predicted octanol–water partition coefficient (Wildman–Crippen LogP) is 15.2. The average Bonchev–Trinajstić information content (AvgIpc) is 3.74. The van der Waals surface area contributed by atoms with Crippen LogP contribution in [-0.4, -0.2) is 9.52 Å². The van der Waals surface area contributed by atoms with Crippen LogP contribution in [-0.2, 0) is 27.3 Å². The van der Waals surface area contributed by atoms with Crippen LogP contribution in [0.2, 0.25) is 12.1 Å². The Morgan fingerprint density at radius 1 is 0.529 bits per heavy atom. The summed E-state index contributed by atoms with van der Waals surface area (Å²) in [6, 6.07) is 51.8. The Morgan fingerprint density at radius 2 is 0.980 bits per heavy atom. The number of benzene rings is 6. The van der Waals surface area contributed by atoms with E-state index >= 15 is 0 Å². The average molecular weight is 801 g/mol. The molecule has 0 fully saturated rings. The molecule has 8 aromatic rings. The molecule has 256 valence electrons. The summed E-state index contributed by atoms with van der Waals surface area (Å²) in [5.74, 6) is 0. The molecule has 0 saturated carbocycles. The van der Waals surface area contributed by atoms with Gasteiger partial charge in [0.2, 0.25) is 0 Å². The molecule has 0 aliphatic rings. The van der Waals surface area contributed by atoms with E-state index in [4.69, 9.17) is 17.0 Å². The van der Waals surface area contributed by atoms with E-state index in [-0.39, 0.29) is 0 Å². The fourth-order valence-corrected chi connectivity index (χ4v) is 7.30. The Labute approximate surface area is 326 Å². The predicted molar refractivity (Wildman–Crippen MR) is 227 cm³/mol. The number of fused-ring (bicyclic) bond motifs is 4. The SMILES string of the molecule is CC[Si]CC.CCc1cc2c(-c3ccc4ccccc4c3)cc(C)cc2[cH-]1.Cc1cc(-c2ccc3ccccc3c2)c2cc(C)[cH-]c2c1.[Cl][Zr+2][Cl]. The standard InChI is InChI=1S/C22H19.C21H17.C4H10Si.2ClH.Zr/c1-3-16-12-20-10-15(2)11-21(22(20)13-16)19-9-8-17-6-4-5-7-18(17)14-19;1-14-9-19-10-15(2)12-21(19)20(11-14)18-8-7-16-5-3-4-6-17(16)13-18;1-3-5-4-2;;;/h4-14H,3H2,1-2H3;3-13H,1-2H3;3-4H2,1-2H3;2*1H;/q2*-1;;;;+4/p-2. The minimum atomic E-state index is -0.826. The first-order valence-corrected chi connectivity index (χ1v) is 25.6. The zero-order valence-corrected chi connectivity index (χ0v) is 35.5. The van der Waals surface area contributed by atoms with Crippen molar-refractivity contribution in [1.82, 2.24) is 0 Å². The molecule has 0 unspecified atom stereocenters. The molecule has 0 spiro atoms. The molecule has 0 atom stereocenters. The second-order valence-corrected chi connectivity index (χ2v) is 18.7. The van der Waals surface area contributed by atoms with Gasteiger partial charge in [-0.15, -0.1) is 56.9 Å². The molecule has 0 bridgehead atoms. The first kappa shape index (κ1) is 39.0. The number of halogens is 2. The van der Waals surface area contributed by atoms with E-state index in [1.807, 2.05) is 0 Å². The molecule has 4 heteroatoms. The second-order valence-electron chi connectivity index (χ2n) is 13.0. The van der Waals surface area contributed by atoms with Crippen LogP contribution in [0.3, 0.4) is 0 Å². The monoisotopic (exact) mass is 798 g/mol. The van der Waals surface area contributed by atoms with E-state index in [1.54, 1.807) is 0 Å². The van der Waals surface area contributed by atoms with E-state index in [1.165, 1.54) is 109 Å². The number of aryl methyl sites for hydroxylation is 4. The first-order chi connectivity index (χ1) is 24.8. The van der Waals surface area contributed by atoms with Crippen LogP contribution < -0.4 is 0 Å². The summed E-state index contributed by atoms with van der Waals surface area (Å²) in [4.78, 5) is 0. The van der Waals surface area contributed by atoms with E-state index in [2.05, 4.69) is 175 Å². The van der Waals surface area contributed by atoms with Crippen molar-refractivity contribution >= 4 is 69.6 Å². The van der Waals surface area contributed by atoms with Crippen molar-refractivity contribution < 1.29 is 20.8 Å². The van der Waals surface area contributed by atoms with E-state index in [9.17, 15) is 0 Å². The molecular weight excluding hydrogens is 755 g/mol. The van der Waals surface area contributed by atoms with Gasteiger partial charge in [0.1, 0.15) is 0 Å². The summed E-state index contributed by atoms with van der Waals surface area (Å²) >= 11 is -0.826. The summed E-state index contributed by atoms with van der Waals surface area (Å²) < 4.78 is 0. The second kappa shape index (κ2) is 19.0. The van der Waals surface area contributed by atoms with Crippen molar-refractivity contribution in [2.24, 2.45) is 0 Å². The van der Waals surface area contributed by atoms with Crippen LogP contribution in [0.4, 0.5) is 0 Å². The summed E-state index contributed by atoms with van der Waals surface area (Å²) in [6.45, 7) is 13.2. The van der Waals surface area contributed by atoms with Crippen LogP contribution in [0.15, 0.2) is 133 Å². The maximum atomic E-state index is 4.93. The zero-order valence-electron chi connectivity index (χ0n) is 30.6. The van der Waals surface area contributed by atoms with Crippen molar-refractivity contribution in [3.63, 3.8) is 0 Å². The normalized spacial score (nSPS) is 10.6. The van der Waals surface area contributed by atoms with Crippen LogP contribution in [0, 0.1) is 20.8 Å². The number of hydrogen-bond acceptors (Lipinski definition) is 0. The van der Waals surface area contributed by atoms with E-state index < -0.39 is 20.8 Å². The third-order valence-electron chi connectivity index (χ3n) is 9.17. The van der Waals surface area contributed by atoms with Crippen LogP contribution in [0.25, 0.3) is 65.3 Å². The van der Waals surface area contributed by atoms with Gasteiger partial charge in [0.25, 0.3) is 0 Å². The van der Waals surface area contributed by atoms with Crippen LogP contribution in [0.5, 0.6) is 0 Å². The van der Waals surface area contributed by atoms with Gasteiger partial charge in [-0.3, -0.25) is 0 Å². The van der Waals surface area contributed by atoms with Gasteiger partial charge in [-0.1, -0.05) is 147 Å². The number of rotatable bonds is 5. The van der Waals surface area contributed by atoms with Crippen molar-refractivity contribution in [2.75, 3.05) is 0 Å². The molecule has 0 heterocycles. The molecule has 0 aliphatic carbocycles. The zero-order chi connectivity index (χ0) is 36.3. The Bertz CT molecular complexity index is 2340. The van der Waals surface area contributed by atoms with Crippen molar-refractivity contribution in [1.29, 1.82) is 0 Å². The van der Waals surface area contributed by atoms with Gasteiger partial charge < -0.3 is 0 Å². The molecule has 2 radical (unpaired) electrons. The maximum absolute atomic E-state index is 4.93. The van der Waals surface area contributed by atoms with Gasteiger partial charge in [-0.2, -0.15) is 12.1 Å². The quantitative estimate of drug-likeness (QED) is 0.120. The Morgan fingerprint density at radius 3 is 1.43 bits per heavy atom. The van der Waals surface area contributed by atoms with Crippen LogP contribution in [0.1, 0.15) is 43.0 Å². The summed E-state index contributed by atoms with van der Waals surface area (Å²) in [5.41, 5.74) is 10.7. The molecule has 0 aliphatic heterocycles. The summed E-state index contributed by atoms with van der Waals surface area (Å²) in [5, 5.41) is 10.6. The third kappa shape index (κ3) is 10.00. The van der Waals surface area contributed by atoms with Gasteiger partial charge >= 0.3 is 37.9 Å². The molecule has 0 N–H and O–H groups in total. The third-order valence-corrected chi connectivity index (χ3v) is 10.2. The van der Waals surface area contributed by atoms with Crippen molar-refractivity contribution in [3.05, 3.63) is 156 Å². The molecule has 0 aromatic heterocycles. The van der Waals surface area contributed by atoms with Gasteiger partial charge in [-0.25, -0.2) is 0 Å². The molecule has 0 amide bonds. The van der Waals surface area contributed by atoms with Gasteiger partial charge in [0, 0.05) is 9.52 Å². The van der Waals surface area contributed by atoms with Crippen LogP contribution >= 0.6 is 17.0 Å². The van der Waals surface area contributed by atoms with Gasteiger partial charge in [0.15, 0.2) is 0 Å². The Balaban J connectivity index is 0.000000164. The Kier molecular flexibility index (Phi) is 14.5. The minimum absolute atomic E-state index is 0.826. The molecule has 8 aromatic carbocycles. The summed E-state index contributed by atoms with van der Waals surface area (Å²) in [7, 11) is 11.1. The number of hydrogen-bond donors (Lipinski definition) is 0. The fraction of sp³-hybridized carbons (Fsp3) is 0.191. The molecule has 0 saturated heterocycles. The fourth-order valence-electron chi connectivity index (χ4n) is 6.80. The topological polar surface area (TPSA) is 0 Å². The Hall–Kier alpha value is -3.26.